The number of rotatable bonds is 3. The first kappa shape index (κ1) is 11.5. The van der Waals surface area contributed by atoms with Crippen molar-refractivity contribution in [3.05, 3.63) is 41.8 Å². The molecule has 5 heteroatoms. The highest BCUT2D eigenvalue weighted by atomic mass is 19.1. The Morgan fingerprint density at radius 2 is 2.24 bits per heavy atom. The molecular formula is C12H11FN2O2. The summed E-state index contributed by atoms with van der Waals surface area (Å²) in [5.41, 5.74) is 6.77. The molecule has 0 saturated heterocycles. The first-order chi connectivity index (χ1) is 8.08. The van der Waals surface area contributed by atoms with Gasteiger partial charge in [-0.2, -0.15) is 0 Å². The fourth-order valence-electron chi connectivity index (χ4n) is 1.68. The van der Waals surface area contributed by atoms with Crippen LogP contribution < -0.4 is 5.73 Å². The summed E-state index contributed by atoms with van der Waals surface area (Å²) in [6, 6.07) is 4.87. The maximum absolute atomic E-state index is 13.1. The Balaban J connectivity index is 2.46. The van der Waals surface area contributed by atoms with Gasteiger partial charge in [-0.05, 0) is 36.2 Å². The summed E-state index contributed by atoms with van der Waals surface area (Å²) >= 11 is 0. The zero-order chi connectivity index (χ0) is 12.4. The van der Waals surface area contributed by atoms with Crippen LogP contribution in [0.15, 0.2) is 30.5 Å². The Kier molecular flexibility index (Phi) is 3.01. The van der Waals surface area contributed by atoms with Gasteiger partial charge in [0.1, 0.15) is 11.9 Å². The van der Waals surface area contributed by atoms with Crippen LogP contribution in [-0.4, -0.2) is 22.1 Å². The molecule has 1 aromatic carbocycles. The molecule has 4 nitrogen and oxygen atoms in total. The second-order valence-electron chi connectivity index (χ2n) is 3.78. The largest absolute Gasteiger partial charge is 0.480 e. The van der Waals surface area contributed by atoms with Crippen LogP contribution >= 0.6 is 0 Å². The minimum Gasteiger partial charge on any atom is -0.480 e. The molecule has 0 aliphatic heterocycles. The average Bonchev–Trinajstić information content (AvgIpc) is 2.29. The molecule has 0 bridgehead atoms. The number of hydrogen-bond donors (Lipinski definition) is 2. The standard InChI is InChI=1S/C12H11FN2O2/c13-8-1-2-11-9(6-8)7(3-4-15-11)5-10(14)12(16)17/h1-4,6,10H,5,14H2,(H,16,17)/t10-/m0/s1. The molecule has 0 fully saturated rings. The zero-order valence-corrected chi connectivity index (χ0v) is 8.93. The molecule has 0 amide bonds. The van der Waals surface area contributed by atoms with E-state index < -0.39 is 12.0 Å². The van der Waals surface area contributed by atoms with Gasteiger partial charge < -0.3 is 10.8 Å². The molecule has 0 radical (unpaired) electrons. The SMILES string of the molecule is N[C@@H](Cc1ccnc2ccc(F)cc12)C(=O)O. The van der Waals surface area contributed by atoms with Crippen molar-refractivity contribution in [1.29, 1.82) is 0 Å². The lowest BCUT2D eigenvalue weighted by Crippen LogP contribution is -2.32. The Bertz CT molecular complexity index is 571. The number of nitrogens with two attached hydrogens (primary N) is 1. The number of aliphatic carboxylic acids is 1. The number of carbonyl (C=O) groups is 1. The van der Waals surface area contributed by atoms with E-state index in [2.05, 4.69) is 4.98 Å². The minimum atomic E-state index is -1.08. The lowest BCUT2D eigenvalue weighted by Gasteiger charge is -2.09. The number of carboxylic acid groups (broad SMARTS) is 1. The smallest absolute Gasteiger partial charge is 0.320 e. The molecular weight excluding hydrogens is 223 g/mol. The van der Waals surface area contributed by atoms with Gasteiger partial charge in [-0.15, -0.1) is 0 Å². The Morgan fingerprint density at radius 1 is 1.47 bits per heavy atom. The van der Waals surface area contributed by atoms with Gasteiger partial charge in [0.05, 0.1) is 5.52 Å². The van der Waals surface area contributed by atoms with Crippen LogP contribution in [0, 0.1) is 5.82 Å². The number of hydrogen-bond acceptors (Lipinski definition) is 3. The van der Waals surface area contributed by atoms with Gasteiger partial charge in [-0.1, -0.05) is 0 Å². The highest BCUT2D eigenvalue weighted by Crippen LogP contribution is 2.19. The fourth-order valence-corrected chi connectivity index (χ4v) is 1.68. The zero-order valence-electron chi connectivity index (χ0n) is 8.93. The summed E-state index contributed by atoms with van der Waals surface area (Å²) in [6.07, 6.45) is 1.71. The summed E-state index contributed by atoms with van der Waals surface area (Å²) < 4.78 is 13.1. The van der Waals surface area contributed by atoms with Gasteiger partial charge in [0, 0.05) is 11.6 Å². The van der Waals surface area contributed by atoms with Crippen LogP contribution in [0.25, 0.3) is 10.9 Å². The van der Waals surface area contributed by atoms with E-state index in [1.807, 2.05) is 0 Å². The Hall–Kier alpha value is -2.01. The number of carboxylic acids is 1. The topological polar surface area (TPSA) is 76.2 Å². The third kappa shape index (κ3) is 2.39. The van der Waals surface area contributed by atoms with E-state index in [-0.39, 0.29) is 12.2 Å². The van der Waals surface area contributed by atoms with Crippen LogP contribution in [0.2, 0.25) is 0 Å². The van der Waals surface area contributed by atoms with Crippen LogP contribution in [0.3, 0.4) is 0 Å². The highest BCUT2D eigenvalue weighted by Gasteiger charge is 2.14. The molecule has 1 aromatic heterocycles. The van der Waals surface area contributed by atoms with Gasteiger partial charge in [-0.3, -0.25) is 9.78 Å². The Labute approximate surface area is 96.9 Å². The van der Waals surface area contributed by atoms with Crippen molar-refractivity contribution in [1.82, 2.24) is 4.98 Å². The van der Waals surface area contributed by atoms with Crippen molar-refractivity contribution in [2.75, 3.05) is 0 Å². The molecule has 1 heterocycles. The molecule has 0 aliphatic carbocycles. The molecule has 1 atom stereocenters. The lowest BCUT2D eigenvalue weighted by atomic mass is 10.0. The minimum absolute atomic E-state index is 0.151. The molecule has 2 rings (SSSR count). The van der Waals surface area contributed by atoms with Crippen LogP contribution in [0.5, 0.6) is 0 Å². The number of nitrogens with zero attached hydrogens (tertiary/aromatic N) is 1. The van der Waals surface area contributed by atoms with E-state index >= 15 is 0 Å². The van der Waals surface area contributed by atoms with Gasteiger partial charge in [-0.25, -0.2) is 4.39 Å². The van der Waals surface area contributed by atoms with E-state index in [1.165, 1.54) is 12.1 Å². The number of aromatic nitrogens is 1. The van der Waals surface area contributed by atoms with Gasteiger partial charge in [0.15, 0.2) is 0 Å². The summed E-state index contributed by atoms with van der Waals surface area (Å²) in [5.74, 6) is -1.46. The third-order valence-electron chi connectivity index (χ3n) is 2.55. The van der Waals surface area contributed by atoms with Crippen molar-refractivity contribution in [3.8, 4) is 0 Å². The van der Waals surface area contributed by atoms with Crippen LogP contribution in [0.4, 0.5) is 4.39 Å². The monoisotopic (exact) mass is 234 g/mol. The van der Waals surface area contributed by atoms with Crippen molar-refractivity contribution in [2.24, 2.45) is 5.73 Å². The van der Waals surface area contributed by atoms with Crippen molar-refractivity contribution < 1.29 is 14.3 Å². The molecule has 0 unspecified atom stereocenters. The van der Waals surface area contributed by atoms with E-state index in [4.69, 9.17) is 10.8 Å². The first-order valence-electron chi connectivity index (χ1n) is 5.09. The van der Waals surface area contributed by atoms with Gasteiger partial charge in [0.25, 0.3) is 0 Å². The maximum atomic E-state index is 13.1. The molecule has 0 aliphatic rings. The Morgan fingerprint density at radius 3 is 2.94 bits per heavy atom. The lowest BCUT2D eigenvalue weighted by molar-refractivity contribution is -0.138. The van der Waals surface area contributed by atoms with Crippen molar-refractivity contribution in [2.45, 2.75) is 12.5 Å². The second kappa shape index (κ2) is 4.47. The molecule has 17 heavy (non-hydrogen) atoms. The fraction of sp³-hybridized carbons (Fsp3) is 0.167. The second-order valence-corrected chi connectivity index (χ2v) is 3.78. The quantitative estimate of drug-likeness (QED) is 0.839. The van der Waals surface area contributed by atoms with Crippen LogP contribution in [0.1, 0.15) is 5.56 Å². The predicted octanol–water partition coefficient (Wildman–Crippen LogP) is 1.33. The van der Waals surface area contributed by atoms with Gasteiger partial charge in [0.2, 0.25) is 0 Å². The number of pyridine rings is 1. The molecule has 88 valence electrons. The maximum Gasteiger partial charge on any atom is 0.320 e. The highest BCUT2D eigenvalue weighted by molar-refractivity contribution is 5.83. The van der Waals surface area contributed by atoms with E-state index in [9.17, 15) is 9.18 Å². The molecule has 3 N–H and O–H groups in total. The number of fused-ring (bicyclic) bond motifs is 1. The summed E-state index contributed by atoms with van der Waals surface area (Å²) in [6.45, 7) is 0. The predicted molar refractivity (Wildman–Crippen MR) is 61.0 cm³/mol. The molecule has 0 spiro atoms. The van der Waals surface area contributed by atoms with Crippen molar-refractivity contribution in [3.63, 3.8) is 0 Å². The molecule has 2 aromatic rings. The van der Waals surface area contributed by atoms with Crippen LogP contribution in [-0.2, 0) is 11.2 Å². The summed E-state index contributed by atoms with van der Waals surface area (Å²) in [5, 5.41) is 9.36. The van der Waals surface area contributed by atoms with E-state index in [0.717, 1.165) is 0 Å². The average molecular weight is 234 g/mol. The normalized spacial score (nSPS) is 12.6. The third-order valence-corrected chi connectivity index (χ3v) is 2.55. The summed E-state index contributed by atoms with van der Waals surface area (Å²) in [7, 11) is 0. The van der Waals surface area contributed by atoms with Crippen molar-refractivity contribution >= 4 is 16.9 Å². The summed E-state index contributed by atoms with van der Waals surface area (Å²) in [4.78, 5) is 14.8. The number of halogens is 1. The number of benzene rings is 1. The molecule has 0 saturated carbocycles. The van der Waals surface area contributed by atoms with E-state index in [0.29, 0.717) is 16.5 Å². The van der Waals surface area contributed by atoms with Gasteiger partial charge >= 0.3 is 5.97 Å². The first-order valence-corrected chi connectivity index (χ1v) is 5.09. The van der Waals surface area contributed by atoms with E-state index in [1.54, 1.807) is 18.3 Å².